The molecule has 0 saturated heterocycles. The summed E-state index contributed by atoms with van der Waals surface area (Å²) < 4.78 is 5.16. The van der Waals surface area contributed by atoms with Crippen LogP contribution in [0.3, 0.4) is 0 Å². The van der Waals surface area contributed by atoms with Gasteiger partial charge in [0, 0.05) is 6.54 Å². The minimum atomic E-state index is -0.642. The van der Waals surface area contributed by atoms with Gasteiger partial charge in [0.05, 0.1) is 5.92 Å². The number of esters is 1. The zero-order valence-corrected chi connectivity index (χ0v) is 16.1. The summed E-state index contributed by atoms with van der Waals surface area (Å²) in [5.41, 5.74) is 0.860. The maximum absolute atomic E-state index is 12.5. The van der Waals surface area contributed by atoms with Crippen molar-refractivity contribution in [2.45, 2.75) is 46.5 Å². The summed E-state index contributed by atoms with van der Waals surface area (Å²) in [4.78, 5) is 35.9. The fraction of sp³-hybridized carbons (Fsp3) is 0.550. The Morgan fingerprint density at radius 1 is 1.08 bits per heavy atom. The summed E-state index contributed by atoms with van der Waals surface area (Å²) in [7, 11) is 0. The molecular formula is C20H30N2O4. The Balaban J connectivity index is 2.52. The van der Waals surface area contributed by atoms with Gasteiger partial charge in [-0.25, -0.2) is 4.79 Å². The van der Waals surface area contributed by atoms with Crippen LogP contribution in [0.4, 0.5) is 4.79 Å². The van der Waals surface area contributed by atoms with Crippen molar-refractivity contribution in [1.82, 2.24) is 10.6 Å². The third kappa shape index (κ3) is 7.68. The number of urea groups is 1. The van der Waals surface area contributed by atoms with Gasteiger partial charge in [-0.3, -0.25) is 14.9 Å². The van der Waals surface area contributed by atoms with Gasteiger partial charge in [0.2, 0.25) is 0 Å². The molecule has 1 rings (SSSR count). The first-order valence-electron chi connectivity index (χ1n) is 9.14. The van der Waals surface area contributed by atoms with Crippen molar-refractivity contribution < 1.29 is 19.1 Å². The number of rotatable bonds is 9. The van der Waals surface area contributed by atoms with Gasteiger partial charge in [0.1, 0.15) is 0 Å². The molecule has 6 heteroatoms. The van der Waals surface area contributed by atoms with E-state index in [0.29, 0.717) is 12.5 Å². The predicted octanol–water partition coefficient (Wildman–Crippen LogP) is 3.23. The summed E-state index contributed by atoms with van der Waals surface area (Å²) >= 11 is 0. The van der Waals surface area contributed by atoms with E-state index < -0.39 is 30.4 Å². The third-order valence-electron chi connectivity index (χ3n) is 4.23. The number of carbonyl (C=O) groups is 3. The van der Waals surface area contributed by atoms with E-state index in [1.54, 1.807) is 0 Å². The van der Waals surface area contributed by atoms with Crippen molar-refractivity contribution in [2.24, 2.45) is 11.8 Å². The Kier molecular flexibility index (Phi) is 9.41. The number of nitrogens with one attached hydrogen (secondary N) is 2. The molecule has 0 aliphatic rings. The van der Waals surface area contributed by atoms with Gasteiger partial charge in [0.15, 0.2) is 6.61 Å². The van der Waals surface area contributed by atoms with Gasteiger partial charge in [-0.15, -0.1) is 0 Å². The molecule has 0 unspecified atom stereocenters. The lowest BCUT2D eigenvalue weighted by atomic mass is 9.86. The van der Waals surface area contributed by atoms with Gasteiger partial charge < -0.3 is 10.1 Å². The quantitative estimate of drug-likeness (QED) is 0.661. The van der Waals surface area contributed by atoms with Crippen LogP contribution in [0.1, 0.15) is 52.0 Å². The molecule has 1 aromatic carbocycles. The van der Waals surface area contributed by atoms with E-state index in [-0.39, 0.29) is 5.92 Å². The SMILES string of the molecule is CC[C@H](C)[C@H](C(=O)OCC(=O)NC(=O)NCCC(C)C)c1ccccc1. The lowest BCUT2D eigenvalue weighted by molar-refractivity contribution is -0.151. The second-order valence-electron chi connectivity index (χ2n) is 6.87. The van der Waals surface area contributed by atoms with Crippen LogP contribution >= 0.6 is 0 Å². The molecule has 0 aliphatic heterocycles. The van der Waals surface area contributed by atoms with Crippen molar-refractivity contribution in [2.75, 3.05) is 13.2 Å². The molecule has 2 N–H and O–H groups in total. The van der Waals surface area contributed by atoms with Crippen molar-refractivity contribution in [3.63, 3.8) is 0 Å². The molecule has 26 heavy (non-hydrogen) atoms. The number of hydrogen-bond acceptors (Lipinski definition) is 4. The van der Waals surface area contributed by atoms with E-state index in [9.17, 15) is 14.4 Å². The number of hydrogen-bond donors (Lipinski definition) is 2. The number of ether oxygens (including phenoxy) is 1. The minimum Gasteiger partial charge on any atom is -0.455 e. The molecule has 0 spiro atoms. The number of carbonyl (C=O) groups excluding carboxylic acids is 3. The summed E-state index contributed by atoms with van der Waals surface area (Å²) in [6.07, 6.45) is 1.63. The first-order chi connectivity index (χ1) is 12.3. The highest BCUT2D eigenvalue weighted by atomic mass is 16.5. The van der Waals surface area contributed by atoms with Crippen LogP contribution in [-0.4, -0.2) is 31.1 Å². The second kappa shape index (κ2) is 11.3. The van der Waals surface area contributed by atoms with E-state index >= 15 is 0 Å². The van der Waals surface area contributed by atoms with E-state index in [1.807, 2.05) is 58.0 Å². The maximum atomic E-state index is 12.5. The van der Waals surface area contributed by atoms with E-state index in [1.165, 1.54) is 0 Å². The zero-order chi connectivity index (χ0) is 19.5. The van der Waals surface area contributed by atoms with Gasteiger partial charge in [-0.2, -0.15) is 0 Å². The van der Waals surface area contributed by atoms with Gasteiger partial charge in [-0.05, 0) is 23.8 Å². The molecule has 0 heterocycles. The van der Waals surface area contributed by atoms with Crippen LogP contribution in [0.5, 0.6) is 0 Å². The lowest BCUT2D eigenvalue weighted by Gasteiger charge is -2.21. The van der Waals surface area contributed by atoms with Crippen LogP contribution in [0.2, 0.25) is 0 Å². The predicted molar refractivity (Wildman–Crippen MR) is 101 cm³/mol. The molecule has 0 aromatic heterocycles. The molecule has 0 radical (unpaired) electrons. The zero-order valence-electron chi connectivity index (χ0n) is 16.1. The van der Waals surface area contributed by atoms with Crippen LogP contribution in [-0.2, 0) is 14.3 Å². The smallest absolute Gasteiger partial charge is 0.321 e. The molecular weight excluding hydrogens is 332 g/mol. The molecule has 144 valence electrons. The van der Waals surface area contributed by atoms with Crippen LogP contribution < -0.4 is 10.6 Å². The molecule has 2 atom stereocenters. The van der Waals surface area contributed by atoms with Crippen molar-refractivity contribution in [1.29, 1.82) is 0 Å². The fourth-order valence-corrected chi connectivity index (χ4v) is 2.50. The number of amides is 3. The number of benzene rings is 1. The maximum Gasteiger partial charge on any atom is 0.321 e. The van der Waals surface area contributed by atoms with Crippen LogP contribution in [0, 0.1) is 11.8 Å². The van der Waals surface area contributed by atoms with Crippen LogP contribution in [0.25, 0.3) is 0 Å². The molecule has 0 saturated carbocycles. The van der Waals surface area contributed by atoms with Gasteiger partial charge in [-0.1, -0.05) is 64.4 Å². The largest absolute Gasteiger partial charge is 0.455 e. The fourth-order valence-electron chi connectivity index (χ4n) is 2.50. The van der Waals surface area contributed by atoms with E-state index in [4.69, 9.17) is 4.74 Å². The Morgan fingerprint density at radius 3 is 2.31 bits per heavy atom. The highest BCUT2D eigenvalue weighted by Crippen LogP contribution is 2.28. The first-order valence-corrected chi connectivity index (χ1v) is 9.14. The molecule has 6 nitrogen and oxygen atoms in total. The monoisotopic (exact) mass is 362 g/mol. The van der Waals surface area contributed by atoms with Gasteiger partial charge in [0.25, 0.3) is 5.91 Å². The lowest BCUT2D eigenvalue weighted by Crippen LogP contribution is -2.42. The molecule has 0 aliphatic carbocycles. The Morgan fingerprint density at radius 2 is 1.73 bits per heavy atom. The van der Waals surface area contributed by atoms with Crippen molar-refractivity contribution >= 4 is 17.9 Å². The highest BCUT2D eigenvalue weighted by molar-refractivity contribution is 5.95. The summed E-state index contributed by atoms with van der Waals surface area (Å²) in [6, 6.07) is 8.79. The highest BCUT2D eigenvalue weighted by Gasteiger charge is 2.27. The topological polar surface area (TPSA) is 84.5 Å². The Hall–Kier alpha value is -2.37. The Bertz CT molecular complexity index is 587. The minimum absolute atomic E-state index is 0.0762. The van der Waals surface area contributed by atoms with Crippen molar-refractivity contribution in [3.8, 4) is 0 Å². The summed E-state index contributed by atoms with van der Waals surface area (Å²) in [6.45, 7) is 8.08. The molecule has 1 aromatic rings. The average molecular weight is 362 g/mol. The average Bonchev–Trinajstić information content (AvgIpc) is 2.60. The molecule has 3 amide bonds. The summed E-state index contributed by atoms with van der Waals surface area (Å²) in [5, 5.41) is 4.76. The van der Waals surface area contributed by atoms with Crippen LogP contribution in [0.15, 0.2) is 30.3 Å². The first kappa shape index (κ1) is 21.7. The van der Waals surface area contributed by atoms with Gasteiger partial charge >= 0.3 is 12.0 Å². The normalized spacial score (nSPS) is 13.0. The number of imide groups is 1. The van der Waals surface area contributed by atoms with E-state index in [0.717, 1.165) is 18.4 Å². The van der Waals surface area contributed by atoms with E-state index in [2.05, 4.69) is 10.6 Å². The third-order valence-corrected chi connectivity index (χ3v) is 4.23. The standard InChI is InChI=1S/C20H30N2O4/c1-5-15(4)18(16-9-7-6-8-10-16)19(24)26-13-17(23)22-20(25)21-12-11-14(2)3/h6-10,14-15,18H,5,11-13H2,1-4H3,(H2,21,22,23,25)/t15-,18-/m0/s1. The molecule has 0 fully saturated rings. The molecule has 0 bridgehead atoms. The Labute approximate surface area is 155 Å². The second-order valence-corrected chi connectivity index (χ2v) is 6.87. The summed E-state index contributed by atoms with van der Waals surface area (Å²) in [5.74, 6) is -0.999. The van der Waals surface area contributed by atoms with Crippen molar-refractivity contribution in [3.05, 3.63) is 35.9 Å².